The standard InChI is InChI=1S/C22H17FN2O2/c1-27-19-9-6-17(7-10-19)21-12-18(23)8-11-20(21)22(26)25-14-16-4-2-15(13-24)3-5-16/h2-12H,14H2,1H3,(H,25,26). The number of benzene rings is 3. The summed E-state index contributed by atoms with van der Waals surface area (Å²) in [7, 11) is 1.57. The van der Waals surface area contributed by atoms with Crippen LogP contribution in [0.2, 0.25) is 0 Å². The maximum atomic E-state index is 13.8. The van der Waals surface area contributed by atoms with Crippen molar-refractivity contribution in [1.82, 2.24) is 5.32 Å². The highest BCUT2D eigenvalue weighted by Gasteiger charge is 2.14. The van der Waals surface area contributed by atoms with Crippen molar-refractivity contribution in [2.24, 2.45) is 0 Å². The van der Waals surface area contributed by atoms with Crippen LogP contribution in [-0.4, -0.2) is 13.0 Å². The molecule has 0 aliphatic rings. The molecule has 1 N–H and O–H groups in total. The number of amides is 1. The number of hydrogen-bond acceptors (Lipinski definition) is 3. The van der Waals surface area contributed by atoms with E-state index in [2.05, 4.69) is 11.4 Å². The van der Waals surface area contributed by atoms with Gasteiger partial charge in [0.05, 0.1) is 18.7 Å². The molecular weight excluding hydrogens is 343 g/mol. The molecule has 27 heavy (non-hydrogen) atoms. The molecule has 3 aromatic carbocycles. The molecule has 0 aliphatic heterocycles. The fourth-order valence-corrected chi connectivity index (χ4v) is 2.70. The van der Waals surface area contributed by atoms with Crippen molar-refractivity contribution in [2.75, 3.05) is 7.11 Å². The third-order valence-electron chi connectivity index (χ3n) is 4.16. The van der Waals surface area contributed by atoms with Crippen LogP contribution in [0.5, 0.6) is 5.75 Å². The lowest BCUT2D eigenvalue weighted by atomic mass is 9.98. The van der Waals surface area contributed by atoms with E-state index in [0.29, 0.717) is 29.0 Å². The maximum Gasteiger partial charge on any atom is 0.252 e. The van der Waals surface area contributed by atoms with Gasteiger partial charge >= 0.3 is 0 Å². The molecule has 0 unspecified atom stereocenters. The molecule has 0 saturated heterocycles. The minimum Gasteiger partial charge on any atom is -0.497 e. The van der Waals surface area contributed by atoms with Gasteiger partial charge < -0.3 is 10.1 Å². The van der Waals surface area contributed by atoms with Crippen molar-refractivity contribution in [3.05, 3.63) is 89.2 Å². The predicted molar refractivity (Wildman–Crippen MR) is 101 cm³/mol. The number of rotatable bonds is 5. The number of nitrogens with zero attached hydrogens (tertiary/aromatic N) is 1. The molecule has 5 heteroatoms. The fourth-order valence-electron chi connectivity index (χ4n) is 2.70. The average Bonchev–Trinajstić information content (AvgIpc) is 2.72. The van der Waals surface area contributed by atoms with Crippen LogP contribution in [0.15, 0.2) is 66.7 Å². The lowest BCUT2D eigenvalue weighted by molar-refractivity contribution is 0.0951. The molecule has 134 valence electrons. The van der Waals surface area contributed by atoms with Crippen LogP contribution in [0.1, 0.15) is 21.5 Å². The number of carbonyl (C=O) groups excluding carboxylic acids is 1. The Morgan fingerprint density at radius 3 is 2.41 bits per heavy atom. The van der Waals surface area contributed by atoms with E-state index in [4.69, 9.17) is 10.00 Å². The minimum absolute atomic E-state index is 0.301. The summed E-state index contributed by atoms with van der Waals surface area (Å²) in [6.07, 6.45) is 0. The molecule has 0 fully saturated rings. The normalized spacial score (nSPS) is 10.1. The van der Waals surface area contributed by atoms with Gasteiger partial charge in [-0.1, -0.05) is 24.3 Å². The zero-order valence-electron chi connectivity index (χ0n) is 14.7. The highest BCUT2D eigenvalue weighted by atomic mass is 19.1. The lowest BCUT2D eigenvalue weighted by Gasteiger charge is -2.11. The molecule has 0 saturated carbocycles. The first kappa shape index (κ1) is 18.2. The van der Waals surface area contributed by atoms with E-state index in [0.717, 1.165) is 11.1 Å². The monoisotopic (exact) mass is 360 g/mol. The van der Waals surface area contributed by atoms with Crippen molar-refractivity contribution in [3.8, 4) is 22.9 Å². The van der Waals surface area contributed by atoms with Crippen LogP contribution in [0.3, 0.4) is 0 Å². The molecule has 0 aliphatic carbocycles. The third kappa shape index (κ3) is 4.31. The first-order valence-electron chi connectivity index (χ1n) is 8.32. The summed E-state index contributed by atoms with van der Waals surface area (Å²) in [5.74, 6) is -0.0309. The first-order valence-corrected chi connectivity index (χ1v) is 8.32. The number of halogens is 1. The molecule has 0 spiro atoms. The van der Waals surface area contributed by atoms with Gasteiger partial charge in [-0.3, -0.25) is 4.79 Å². The summed E-state index contributed by atoms with van der Waals surface area (Å²) >= 11 is 0. The van der Waals surface area contributed by atoms with E-state index in [9.17, 15) is 9.18 Å². The Kier molecular flexibility index (Phi) is 5.48. The summed E-state index contributed by atoms with van der Waals surface area (Å²) in [4.78, 5) is 12.7. The van der Waals surface area contributed by atoms with Gasteiger partial charge in [-0.25, -0.2) is 4.39 Å². The van der Waals surface area contributed by atoms with Crippen molar-refractivity contribution in [2.45, 2.75) is 6.54 Å². The molecule has 4 nitrogen and oxygen atoms in total. The Balaban J connectivity index is 1.82. The van der Waals surface area contributed by atoms with Gasteiger partial charge in [0.2, 0.25) is 0 Å². The quantitative estimate of drug-likeness (QED) is 0.738. The molecule has 0 bridgehead atoms. The fraction of sp³-hybridized carbons (Fsp3) is 0.0909. The van der Waals surface area contributed by atoms with Gasteiger partial charge in [0.25, 0.3) is 5.91 Å². The van der Waals surface area contributed by atoms with Crippen molar-refractivity contribution in [3.63, 3.8) is 0 Å². The Morgan fingerprint density at radius 1 is 1.07 bits per heavy atom. The molecule has 0 aromatic heterocycles. The van der Waals surface area contributed by atoms with Gasteiger partial charge in [-0.15, -0.1) is 0 Å². The summed E-state index contributed by atoms with van der Waals surface area (Å²) in [6, 6.07) is 20.2. The lowest BCUT2D eigenvalue weighted by Crippen LogP contribution is -2.23. The highest BCUT2D eigenvalue weighted by Crippen LogP contribution is 2.27. The number of hydrogen-bond donors (Lipinski definition) is 1. The van der Waals surface area contributed by atoms with E-state index in [-0.39, 0.29) is 5.91 Å². The summed E-state index contributed by atoms with van der Waals surface area (Å²) < 4.78 is 18.9. The van der Waals surface area contributed by atoms with E-state index in [1.807, 2.05) is 0 Å². The highest BCUT2D eigenvalue weighted by molar-refractivity contribution is 6.00. The number of methoxy groups -OCH3 is 1. The Bertz CT molecular complexity index is 990. The molecule has 1 amide bonds. The second-order valence-corrected chi connectivity index (χ2v) is 5.91. The van der Waals surface area contributed by atoms with Gasteiger partial charge in [0.15, 0.2) is 0 Å². The molecule has 0 atom stereocenters. The van der Waals surface area contributed by atoms with Gasteiger partial charge in [-0.2, -0.15) is 5.26 Å². The maximum absolute atomic E-state index is 13.8. The second-order valence-electron chi connectivity index (χ2n) is 5.91. The van der Waals surface area contributed by atoms with Crippen LogP contribution in [0, 0.1) is 17.1 Å². The number of ether oxygens (including phenoxy) is 1. The molecule has 3 rings (SSSR count). The zero-order valence-corrected chi connectivity index (χ0v) is 14.7. The Labute approximate surface area is 156 Å². The summed E-state index contributed by atoms with van der Waals surface area (Å²) in [5.41, 5.74) is 3.05. The van der Waals surface area contributed by atoms with Gasteiger partial charge in [-0.05, 0) is 59.2 Å². The SMILES string of the molecule is COc1ccc(-c2cc(F)ccc2C(=O)NCc2ccc(C#N)cc2)cc1. The van der Waals surface area contributed by atoms with Crippen LogP contribution < -0.4 is 10.1 Å². The molecule has 0 heterocycles. The second kappa shape index (κ2) is 8.15. The van der Waals surface area contributed by atoms with Gasteiger partial charge in [0, 0.05) is 12.1 Å². The molecular formula is C22H17FN2O2. The van der Waals surface area contributed by atoms with Crippen LogP contribution >= 0.6 is 0 Å². The summed E-state index contributed by atoms with van der Waals surface area (Å²) in [6.45, 7) is 0.309. The first-order chi connectivity index (χ1) is 13.1. The van der Waals surface area contributed by atoms with Crippen LogP contribution in [-0.2, 0) is 6.54 Å². The summed E-state index contributed by atoms with van der Waals surface area (Å²) in [5, 5.41) is 11.7. The molecule has 0 radical (unpaired) electrons. The van der Waals surface area contributed by atoms with Crippen molar-refractivity contribution >= 4 is 5.91 Å². The van der Waals surface area contributed by atoms with E-state index >= 15 is 0 Å². The third-order valence-corrected chi connectivity index (χ3v) is 4.16. The Hall–Kier alpha value is -3.65. The number of nitriles is 1. The van der Waals surface area contributed by atoms with E-state index in [1.54, 1.807) is 55.6 Å². The number of carbonyl (C=O) groups is 1. The predicted octanol–water partition coefficient (Wildman–Crippen LogP) is 4.30. The van der Waals surface area contributed by atoms with Gasteiger partial charge in [0.1, 0.15) is 11.6 Å². The van der Waals surface area contributed by atoms with E-state index in [1.165, 1.54) is 18.2 Å². The minimum atomic E-state index is -0.413. The van der Waals surface area contributed by atoms with Crippen molar-refractivity contribution < 1.29 is 13.9 Å². The topological polar surface area (TPSA) is 62.1 Å². The Morgan fingerprint density at radius 2 is 1.78 bits per heavy atom. The zero-order chi connectivity index (χ0) is 19.2. The van der Waals surface area contributed by atoms with E-state index < -0.39 is 5.82 Å². The van der Waals surface area contributed by atoms with Crippen LogP contribution in [0.25, 0.3) is 11.1 Å². The smallest absolute Gasteiger partial charge is 0.252 e. The van der Waals surface area contributed by atoms with Crippen LogP contribution in [0.4, 0.5) is 4.39 Å². The molecule has 3 aromatic rings. The van der Waals surface area contributed by atoms with Crippen molar-refractivity contribution in [1.29, 1.82) is 5.26 Å². The number of nitrogens with one attached hydrogen (secondary N) is 1. The largest absolute Gasteiger partial charge is 0.497 e. The average molecular weight is 360 g/mol.